The molecule has 0 N–H and O–H groups in total. The van der Waals surface area contributed by atoms with E-state index in [4.69, 9.17) is 0 Å². The van der Waals surface area contributed by atoms with Gasteiger partial charge in [-0.25, -0.2) is 0 Å². The molecule has 0 unspecified atom stereocenters. The fraction of sp³-hybridized carbons (Fsp3) is 0.545. The lowest BCUT2D eigenvalue weighted by Crippen LogP contribution is -2.42. The molecule has 0 aromatic rings. The summed E-state index contributed by atoms with van der Waals surface area (Å²) in [7, 11) is 0. The van der Waals surface area contributed by atoms with E-state index in [2.05, 4.69) is 0 Å². The SMILES string of the molecule is O=C([O-])CN1C(=O)[C@H]2[C@H](C1=O)[C@H]1C=C[C@@H]2C1. The lowest BCUT2D eigenvalue weighted by Gasteiger charge is -2.17. The second kappa shape index (κ2) is 2.93. The Morgan fingerprint density at radius 2 is 1.75 bits per heavy atom. The molecule has 0 radical (unpaired) electrons. The Balaban J connectivity index is 1.91. The van der Waals surface area contributed by atoms with Crippen molar-refractivity contribution in [3.05, 3.63) is 12.2 Å². The summed E-state index contributed by atoms with van der Waals surface area (Å²) >= 11 is 0. The molecule has 5 heteroatoms. The molecule has 3 rings (SSSR count). The Morgan fingerprint density at radius 1 is 1.25 bits per heavy atom. The van der Waals surface area contributed by atoms with Gasteiger partial charge in [-0.3, -0.25) is 14.5 Å². The zero-order chi connectivity index (χ0) is 11.4. The summed E-state index contributed by atoms with van der Waals surface area (Å²) in [5.74, 6) is -2.45. The largest absolute Gasteiger partial charge is 0.548 e. The van der Waals surface area contributed by atoms with Crippen LogP contribution in [0.1, 0.15) is 6.42 Å². The van der Waals surface area contributed by atoms with Gasteiger partial charge in [0.15, 0.2) is 0 Å². The number of amides is 2. The van der Waals surface area contributed by atoms with Crippen LogP contribution in [0.25, 0.3) is 0 Å². The van der Waals surface area contributed by atoms with E-state index in [1.807, 2.05) is 12.2 Å². The molecular weight excluding hydrogens is 210 g/mol. The Bertz CT molecular complexity index is 398. The summed E-state index contributed by atoms with van der Waals surface area (Å²) in [5.41, 5.74) is 0. The highest BCUT2D eigenvalue weighted by molar-refractivity contribution is 6.07. The average molecular weight is 220 g/mol. The van der Waals surface area contributed by atoms with Gasteiger partial charge in [0.2, 0.25) is 11.8 Å². The van der Waals surface area contributed by atoms with E-state index >= 15 is 0 Å². The van der Waals surface area contributed by atoms with Crippen molar-refractivity contribution in [2.75, 3.05) is 6.54 Å². The minimum absolute atomic E-state index is 0.123. The second-order valence-corrected chi connectivity index (χ2v) is 4.63. The third-order valence-corrected chi connectivity index (χ3v) is 3.85. The number of carboxylic acid groups (broad SMARTS) is 1. The summed E-state index contributed by atoms with van der Waals surface area (Å²) < 4.78 is 0. The predicted molar refractivity (Wildman–Crippen MR) is 49.4 cm³/mol. The minimum atomic E-state index is -1.39. The maximum absolute atomic E-state index is 11.9. The molecule has 0 aromatic carbocycles. The summed E-state index contributed by atoms with van der Waals surface area (Å²) in [4.78, 5) is 35.1. The highest BCUT2D eigenvalue weighted by atomic mass is 16.4. The van der Waals surface area contributed by atoms with E-state index in [1.165, 1.54) is 0 Å². The monoisotopic (exact) mass is 220 g/mol. The van der Waals surface area contributed by atoms with Crippen molar-refractivity contribution >= 4 is 17.8 Å². The third-order valence-electron chi connectivity index (χ3n) is 3.85. The Kier molecular flexibility index (Phi) is 1.75. The number of aliphatic carboxylic acids is 1. The molecular formula is C11H10NO4-. The van der Waals surface area contributed by atoms with E-state index in [9.17, 15) is 19.5 Å². The Labute approximate surface area is 91.7 Å². The zero-order valence-electron chi connectivity index (χ0n) is 8.46. The second-order valence-electron chi connectivity index (χ2n) is 4.63. The molecule has 2 amide bonds. The number of rotatable bonds is 2. The summed E-state index contributed by atoms with van der Waals surface area (Å²) in [5, 5.41) is 10.5. The van der Waals surface area contributed by atoms with E-state index in [1.54, 1.807) is 0 Å². The van der Waals surface area contributed by atoms with Gasteiger partial charge < -0.3 is 9.90 Å². The van der Waals surface area contributed by atoms with Crippen molar-refractivity contribution < 1.29 is 19.5 Å². The molecule has 4 atom stereocenters. The zero-order valence-corrected chi connectivity index (χ0v) is 8.46. The molecule has 1 saturated heterocycles. The van der Waals surface area contributed by atoms with Gasteiger partial charge in [0.05, 0.1) is 24.3 Å². The fourth-order valence-electron chi connectivity index (χ4n) is 3.25. The first-order chi connectivity index (χ1) is 7.59. The summed E-state index contributed by atoms with van der Waals surface area (Å²) in [6, 6.07) is 0. The molecule has 2 bridgehead atoms. The first-order valence-electron chi connectivity index (χ1n) is 5.33. The molecule has 1 aliphatic heterocycles. The molecule has 1 saturated carbocycles. The van der Waals surface area contributed by atoms with Crippen molar-refractivity contribution in [3.63, 3.8) is 0 Å². The predicted octanol–water partition coefficient (Wildman–Crippen LogP) is -1.46. The number of nitrogens with zero attached hydrogens (tertiary/aromatic N) is 1. The molecule has 84 valence electrons. The van der Waals surface area contributed by atoms with Gasteiger partial charge in [-0.1, -0.05) is 12.2 Å². The van der Waals surface area contributed by atoms with Crippen LogP contribution in [0.2, 0.25) is 0 Å². The van der Waals surface area contributed by atoms with Crippen LogP contribution >= 0.6 is 0 Å². The normalized spacial score (nSPS) is 39.6. The number of imide groups is 1. The van der Waals surface area contributed by atoms with Crippen molar-refractivity contribution in [1.82, 2.24) is 4.90 Å². The quantitative estimate of drug-likeness (QED) is 0.421. The van der Waals surface area contributed by atoms with E-state index in [0.29, 0.717) is 0 Å². The number of allylic oxidation sites excluding steroid dienone is 2. The van der Waals surface area contributed by atoms with Crippen LogP contribution in [0.4, 0.5) is 0 Å². The molecule has 2 fully saturated rings. The van der Waals surface area contributed by atoms with Crippen LogP contribution in [0.5, 0.6) is 0 Å². The standard InChI is InChI=1S/C11H11NO4/c13-7(14)4-12-10(15)8-5-1-2-6(3-5)9(8)11(12)16/h1-2,5-6,8-9H,3-4H2,(H,13,14)/p-1/t5-,6+,8-,9-/m1/s1. The Morgan fingerprint density at radius 3 is 2.19 bits per heavy atom. The van der Waals surface area contributed by atoms with E-state index in [-0.39, 0.29) is 35.5 Å². The van der Waals surface area contributed by atoms with Crippen LogP contribution in [0, 0.1) is 23.7 Å². The maximum atomic E-state index is 11.9. The third kappa shape index (κ3) is 1.03. The average Bonchev–Trinajstić information content (AvgIpc) is 2.87. The van der Waals surface area contributed by atoms with Crippen molar-refractivity contribution in [1.29, 1.82) is 0 Å². The first-order valence-corrected chi connectivity index (χ1v) is 5.33. The maximum Gasteiger partial charge on any atom is 0.234 e. The Hall–Kier alpha value is -1.65. The van der Waals surface area contributed by atoms with Crippen LogP contribution in [0.3, 0.4) is 0 Å². The van der Waals surface area contributed by atoms with Gasteiger partial charge in [0.25, 0.3) is 0 Å². The molecule has 1 heterocycles. The van der Waals surface area contributed by atoms with Crippen LogP contribution in [-0.4, -0.2) is 29.2 Å². The molecule has 2 aliphatic carbocycles. The van der Waals surface area contributed by atoms with E-state index in [0.717, 1.165) is 11.3 Å². The van der Waals surface area contributed by atoms with Gasteiger partial charge in [0.1, 0.15) is 0 Å². The van der Waals surface area contributed by atoms with E-state index < -0.39 is 12.5 Å². The van der Waals surface area contributed by atoms with Gasteiger partial charge in [-0.05, 0) is 18.3 Å². The van der Waals surface area contributed by atoms with Crippen molar-refractivity contribution in [2.24, 2.45) is 23.7 Å². The van der Waals surface area contributed by atoms with Crippen molar-refractivity contribution in [2.45, 2.75) is 6.42 Å². The van der Waals surface area contributed by atoms with Crippen LogP contribution in [-0.2, 0) is 14.4 Å². The van der Waals surface area contributed by atoms with Gasteiger partial charge in [-0.2, -0.15) is 0 Å². The summed E-state index contributed by atoms with van der Waals surface area (Å²) in [6.07, 6.45) is 4.80. The number of hydrogen-bond acceptors (Lipinski definition) is 4. The highest BCUT2D eigenvalue weighted by Gasteiger charge is 2.59. The highest BCUT2D eigenvalue weighted by Crippen LogP contribution is 2.52. The number of carbonyl (C=O) groups is 3. The molecule has 3 aliphatic rings. The number of carboxylic acids is 1. The topological polar surface area (TPSA) is 77.5 Å². The number of hydrogen-bond donors (Lipinski definition) is 0. The number of carbonyl (C=O) groups excluding carboxylic acids is 3. The first kappa shape index (κ1) is 9.57. The van der Waals surface area contributed by atoms with Gasteiger partial charge in [0, 0.05) is 0 Å². The molecule has 5 nitrogen and oxygen atoms in total. The minimum Gasteiger partial charge on any atom is -0.548 e. The molecule has 16 heavy (non-hydrogen) atoms. The van der Waals surface area contributed by atoms with Crippen LogP contribution in [0.15, 0.2) is 12.2 Å². The lowest BCUT2D eigenvalue weighted by atomic mass is 9.85. The molecule has 0 aromatic heterocycles. The number of likely N-dealkylation sites (tertiary alicyclic amines) is 1. The molecule has 0 spiro atoms. The summed E-state index contributed by atoms with van der Waals surface area (Å²) in [6.45, 7) is -0.607. The lowest BCUT2D eigenvalue weighted by molar-refractivity contribution is -0.305. The van der Waals surface area contributed by atoms with Crippen molar-refractivity contribution in [3.8, 4) is 0 Å². The van der Waals surface area contributed by atoms with Gasteiger partial charge in [-0.15, -0.1) is 0 Å². The fourth-order valence-corrected chi connectivity index (χ4v) is 3.25. The number of fused-ring (bicyclic) bond motifs is 5. The smallest absolute Gasteiger partial charge is 0.234 e. The van der Waals surface area contributed by atoms with Gasteiger partial charge >= 0.3 is 0 Å². The van der Waals surface area contributed by atoms with Crippen LogP contribution < -0.4 is 5.11 Å².